The Bertz CT molecular complexity index is 1200. The van der Waals surface area contributed by atoms with Gasteiger partial charge in [-0.3, -0.25) is 14.4 Å². The summed E-state index contributed by atoms with van der Waals surface area (Å²) in [6, 6.07) is 13.3. The molecule has 190 valence electrons. The number of amides is 3. The van der Waals surface area contributed by atoms with Crippen LogP contribution >= 0.6 is 0 Å². The van der Waals surface area contributed by atoms with E-state index in [2.05, 4.69) is 10.6 Å². The molecule has 3 aliphatic rings. The Balaban J connectivity index is 1.54. The monoisotopic (exact) mass is 491 g/mol. The van der Waals surface area contributed by atoms with Gasteiger partial charge in [0, 0.05) is 11.4 Å². The number of nitrogens with zero attached hydrogens (tertiary/aromatic N) is 1. The summed E-state index contributed by atoms with van der Waals surface area (Å²) in [7, 11) is 0. The van der Waals surface area contributed by atoms with Crippen molar-refractivity contribution in [2.24, 2.45) is 11.8 Å². The normalized spacial score (nSPS) is 31.3. The van der Waals surface area contributed by atoms with E-state index in [0.29, 0.717) is 24.2 Å². The third kappa shape index (κ3) is 3.54. The van der Waals surface area contributed by atoms with Gasteiger partial charge in [-0.15, -0.1) is 0 Å². The molecule has 1 spiro atoms. The smallest absolute Gasteiger partial charge is 0.250 e. The average molecular weight is 492 g/mol. The second kappa shape index (κ2) is 8.71. The lowest BCUT2D eigenvalue weighted by Crippen LogP contribution is -2.56. The molecule has 8 nitrogen and oxygen atoms in total. The molecule has 5 rings (SSSR count). The molecule has 3 heterocycles. The van der Waals surface area contributed by atoms with Gasteiger partial charge < -0.3 is 25.4 Å². The average Bonchev–Trinajstić information content (AvgIpc) is 3.42. The number of aliphatic hydroxyl groups excluding tert-OH is 1. The summed E-state index contributed by atoms with van der Waals surface area (Å²) < 4.78 is 6.60. The first-order valence-electron chi connectivity index (χ1n) is 12.5. The van der Waals surface area contributed by atoms with E-state index in [1.165, 1.54) is 4.90 Å². The number of carbonyl (C=O) groups excluding carboxylic acids is 3. The summed E-state index contributed by atoms with van der Waals surface area (Å²) in [6.07, 6.45) is 1.03. The highest BCUT2D eigenvalue weighted by Gasteiger charge is 2.78. The van der Waals surface area contributed by atoms with E-state index in [4.69, 9.17) is 4.74 Å². The van der Waals surface area contributed by atoms with Crippen molar-refractivity contribution in [3.8, 4) is 0 Å². The van der Waals surface area contributed by atoms with Crippen LogP contribution in [0.5, 0.6) is 0 Å². The van der Waals surface area contributed by atoms with E-state index in [-0.39, 0.29) is 24.3 Å². The van der Waals surface area contributed by atoms with Crippen molar-refractivity contribution in [3.05, 3.63) is 59.7 Å². The van der Waals surface area contributed by atoms with Crippen molar-refractivity contribution in [2.75, 3.05) is 17.2 Å². The number of hydrogen-bond donors (Lipinski definition) is 3. The Labute approximate surface area is 211 Å². The van der Waals surface area contributed by atoms with Crippen molar-refractivity contribution >= 4 is 29.1 Å². The molecule has 3 amide bonds. The summed E-state index contributed by atoms with van der Waals surface area (Å²) in [5.41, 5.74) is 1.14. The fraction of sp³-hybridized carbons (Fsp3) is 0.464. The Kier molecular flexibility index (Phi) is 5.92. The first-order chi connectivity index (χ1) is 17.1. The molecule has 2 aromatic rings. The van der Waals surface area contributed by atoms with E-state index in [9.17, 15) is 19.5 Å². The molecule has 3 aliphatic heterocycles. The highest BCUT2D eigenvalue weighted by molar-refractivity contribution is 6.05. The Hall–Kier alpha value is -3.23. The molecule has 6 atom stereocenters. The van der Waals surface area contributed by atoms with Gasteiger partial charge in [-0.05, 0) is 63.8 Å². The van der Waals surface area contributed by atoms with Crippen molar-refractivity contribution in [2.45, 2.75) is 63.8 Å². The lowest BCUT2D eigenvalue weighted by atomic mass is 9.66. The summed E-state index contributed by atoms with van der Waals surface area (Å²) in [5.74, 6) is -2.56. The van der Waals surface area contributed by atoms with Crippen LogP contribution in [0.3, 0.4) is 0 Å². The molecule has 0 aliphatic carbocycles. The minimum absolute atomic E-state index is 0.295. The zero-order valence-corrected chi connectivity index (χ0v) is 21.1. The van der Waals surface area contributed by atoms with Crippen LogP contribution in [0.15, 0.2) is 48.5 Å². The van der Waals surface area contributed by atoms with Gasteiger partial charge in [0.2, 0.25) is 17.7 Å². The Morgan fingerprint density at radius 1 is 1.06 bits per heavy atom. The number of aliphatic hydroxyl groups is 1. The van der Waals surface area contributed by atoms with Crippen LogP contribution in [0.2, 0.25) is 0 Å². The van der Waals surface area contributed by atoms with E-state index in [0.717, 1.165) is 11.1 Å². The van der Waals surface area contributed by atoms with Crippen molar-refractivity contribution in [3.63, 3.8) is 0 Å². The zero-order chi connectivity index (χ0) is 25.8. The lowest BCUT2D eigenvalue weighted by molar-refractivity contribution is -0.146. The molecule has 2 bridgehead atoms. The number of rotatable bonds is 6. The number of hydrogen-bond acceptors (Lipinski definition) is 5. The molecule has 0 saturated carbocycles. The second-order valence-corrected chi connectivity index (χ2v) is 10.6. The van der Waals surface area contributed by atoms with Gasteiger partial charge in [0.15, 0.2) is 0 Å². The van der Waals surface area contributed by atoms with Gasteiger partial charge >= 0.3 is 0 Å². The van der Waals surface area contributed by atoms with Crippen LogP contribution < -0.4 is 10.6 Å². The Morgan fingerprint density at radius 2 is 1.72 bits per heavy atom. The molecule has 3 saturated heterocycles. The number of likely N-dealkylation sites (tertiary alicyclic amines) is 1. The molecule has 0 aromatic heterocycles. The van der Waals surface area contributed by atoms with E-state index >= 15 is 0 Å². The van der Waals surface area contributed by atoms with Crippen LogP contribution in [-0.2, 0) is 19.1 Å². The van der Waals surface area contributed by atoms with Crippen LogP contribution in [0.25, 0.3) is 0 Å². The van der Waals surface area contributed by atoms with Crippen LogP contribution in [-0.4, -0.2) is 57.6 Å². The van der Waals surface area contributed by atoms with E-state index in [1.807, 2.05) is 57.2 Å². The number of anilines is 2. The number of benzene rings is 2. The van der Waals surface area contributed by atoms with E-state index < -0.39 is 35.1 Å². The van der Waals surface area contributed by atoms with Crippen LogP contribution in [0.4, 0.5) is 11.4 Å². The molecule has 3 fully saturated rings. The van der Waals surface area contributed by atoms with Crippen LogP contribution in [0, 0.1) is 25.7 Å². The summed E-state index contributed by atoms with van der Waals surface area (Å²) in [6.45, 7) is 7.10. The molecule has 3 N–H and O–H groups in total. The largest absolute Gasteiger partial charge is 0.394 e. The number of nitrogens with one attached hydrogen (secondary N) is 2. The van der Waals surface area contributed by atoms with Crippen LogP contribution in [0.1, 0.15) is 37.8 Å². The van der Waals surface area contributed by atoms with Crippen molar-refractivity contribution < 1.29 is 24.2 Å². The Morgan fingerprint density at radius 3 is 2.36 bits per heavy atom. The maximum Gasteiger partial charge on any atom is 0.250 e. The lowest BCUT2D eigenvalue weighted by Gasteiger charge is -2.36. The minimum atomic E-state index is -1.14. The molecule has 36 heavy (non-hydrogen) atoms. The molecular formula is C28H33N3O5. The fourth-order valence-electron chi connectivity index (χ4n) is 6.57. The number of fused-ring (bicyclic) bond motifs is 1. The fourth-order valence-corrected chi connectivity index (χ4v) is 6.57. The predicted octanol–water partition coefficient (Wildman–Crippen LogP) is 3.03. The standard InChI is InChI=1S/C28H33N3O5/c1-16-9-8-10-17(2)22(16)30-25(34)23-28-14-13-27(4,36-28)20(21(28)26(35)31(23)18(3)15-32)24(33)29-19-11-6-5-7-12-19/h5-12,18,20-21,23,32H,13-15H2,1-4H3,(H,29,33)(H,30,34)/t18-,20+,21+,23?,27-,28?/m1/s1. The SMILES string of the molecule is Cc1cccc(C)c1NC(=O)C1N([C@H](C)CO)C(=O)[C@@H]2[C@@H](C(=O)Nc3ccccc3)[C@@]3(C)CCC12O3. The number of aryl methyl sites for hydroxylation is 2. The van der Waals surface area contributed by atoms with Gasteiger partial charge in [0.1, 0.15) is 11.6 Å². The maximum atomic E-state index is 14.0. The van der Waals surface area contributed by atoms with Gasteiger partial charge in [-0.25, -0.2) is 0 Å². The summed E-state index contributed by atoms with van der Waals surface area (Å²) >= 11 is 0. The molecule has 2 aromatic carbocycles. The minimum Gasteiger partial charge on any atom is -0.394 e. The maximum absolute atomic E-state index is 14.0. The van der Waals surface area contributed by atoms with Gasteiger partial charge in [-0.1, -0.05) is 36.4 Å². The molecule has 8 heteroatoms. The summed E-state index contributed by atoms with van der Waals surface area (Å²) in [5, 5.41) is 16.0. The molecule has 0 radical (unpaired) electrons. The number of carbonyl (C=O) groups is 3. The van der Waals surface area contributed by atoms with Crippen molar-refractivity contribution in [1.29, 1.82) is 0 Å². The zero-order valence-electron chi connectivity index (χ0n) is 21.1. The third-order valence-electron chi connectivity index (χ3n) is 8.26. The first kappa shape index (κ1) is 24.5. The topological polar surface area (TPSA) is 108 Å². The predicted molar refractivity (Wildman–Crippen MR) is 135 cm³/mol. The summed E-state index contributed by atoms with van der Waals surface area (Å²) in [4.78, 5) is 42.9. The molecular weight excluding hydrogens is 458 g/mol. The first-order valence-corrected chi connectivity index (χ1v) is 12.5. The molecule has 2 unspecified atom stereocenters. The third-order valence-corrected chi connectivity index (χ3v) is 8.26. The highest BCUT2D eigenvalue weighted by Crippen LogP contribution is 2.63. The van der Waals surface area contributed by atoms with Gasteiger partial charge in [0.25, 0.3) is 0 Å². The highest BCUT2D eigenvalue weighted by atomic mass is 16.5. The van der Waals surface area contributed by atoms with Gasteiger partial charge in [0.05, 0.1) is 30.1 Å². The number of ether oxygens (including phenoxy) is 1. The number of para-hydroxylation sites is 2. The quantitative estimate of drug-likeness (QED) is 0.576. The second-order valence-electron chi connectivity index (χ2n) is 10.6. The van der Waals surface area contributed by atoms with Gasteiger partial charge in [-0.2, -0.15) is 0 Å². The van der Waals surface area contributed by atoms with Crippen molar-refractivity contribution in [1.82, 2.24) is 4.90 Å². The van der Waals surface area contributed by atoms with E-state index in [1.54, 1.807) is 19.1 Å².